The van der Waals surface area contributed by atoms with Gasteiger partial charge in [-0.1, -0.05) is 35.8 Å². The molecule has 0 aliphatic heterocycles. The van der Waals surface area contributed by atoms with E-state index in [4.69, 9.17) is 21.1 Å². The average molecular weight is 481 g/mol. The first-order valence-electron chi connectivity index (χ1n) is 9.43. The molecule has 154 valence electrons. The molecule has 0 spiro atoms. The highest BCUT2D eigenvalue weighted by atomic mass is 79.9. The molecule has 3 rings (SSSR count). The van der Waals surface area contributed by atoms with E-state index in [2.05, 4.69) is 43.7 Å². The number of anilines is 1. The second-order valence-electron chi connectivity index (χ2n) is 6.34. The molecule has 0 saturated carbocycles. The largest absolute Gasteiger partial charge is 0.490 e. The fraction of sp³-hybridized carbons (Fsp3) is 0.350. The maximum atomic E-state index is 6.06. The van der Waals surface area contributed by atoms with Gasteiger partial charge in [0.15, 0.2) is 11.5 Å². The second kappa shape index (κ2) is 10.5. The van der Waals surface area contributed by atoms with E-state index in [9.17, 15) is 0 Å². The van der Waals surface area contributed by atoms with Crippen LogP contribution in [0.25, 0.3) is 0 Å². The summed E-state index contributed by atoms with van der Waals surface area (Å²) < 4.78 is 14.4. The third-order valence-electron chi connectivity index (χ3n) is 4.06. The van der Waals surface area contributed by atoms with Gasteiger partial charge in [0.1, 0.15) is 6.61 Å². The number of tetrazole rings is 1. The van der Waals surface area contributed by atoms with Crippen molar-refractivity contribution < 1.29 is 9.47 Å². The predicted octanol–water partition coefficient (Wildman–Crippen LogP) is 5.09. The highest BCUT2D eigenvalue weighted by Gasteiger charge is 2.14. The van der Waals surface area contributed by atoms with Crippen LogP contribution in [0.5, 0.6) is 11.5 Å². The summed E-state index contributed by atoms with van der Waals surface area (Å²) in [5.74, 6) is 1.97. The van der Waals surface area contributed by atoms with Crippen LogP contribution in [0.4, 0.5) is 5.95 Å². The Balaban J connectivity index is 1.74. The number of hydrogen-bond donors (Lipinski definition) is 1. The predicted molar refractivity (Wildman–Crippen MR) is 117 cm³/mol. The minimum absolute atomic E-state index is 0.391. The minimum atomic E-state index is 0.391. The number of nitrogens with one attached hydrogen (secondary N) is 1. The van der Waals surface area contributed by atoms with Crippen LogP contribution >= 0.6 is 27.5 Å². The van der Waals surface area contributed by atoms with E-state index in [0.29, 0.717) is 42.2 Å². The van der Waals surface area contributed by atoms with Crippen molar-refractivity contribution >= 4 is 33.5 Å². The Morgan fingerprint density at radius 1 is 1.14 bits per heavy atom. The van der Waals surface area contributed by atoms with Crippen LogP contribution in [0.1, 0.15) is 31.4 Å². The highest BCUT2D eigenvalue weighted by Crippen LogP contribution is 2.37. The van der Waals surface area contributed by atoms with Crippen molar-refractivity contribution in [3.8, 4) is 11.5 Å². The van der Waals surface area contributed by atoms with Crippen LogP contribution < -0.4 is 14.8 Å². The molecule has 1 N–H and O–H groups in total. The molecule has 7 nitrogen and oxygen atoms in total. The lowest BCUT2D eigenvalue weighted by atomic mass is 10.2. The summed E-state index contributed by atoms with van der Waals surface area (Å²) in [5.41, 5.74) is 2.00. The summed E-state index contributed by atoms with van der Waals surface area (Å²) in [4.78, 5) is 0. The molecule has 0 amide bonds. The maximum Gasteiger partial charge on any atom is 0.243 e. The first-order chi connectivity index (χ1) is 14.1. The smallest absolute Gasteiger partial charge is 0.243 e. The molecule has 29 heavy (non-hydrogen) atoms. The number of nitrogens with zero attached hydrogens (tertiary/aromatic N) is 4. The lowest BCUT2D eigenvalue weighted by Gasteiger charge is -2.16. The van der Waals surface area contributed by atoms with Crippen molar-refractivity contribution in [2.45, 2.75) is 40.0 Å². The molecule has 0 bridgehead atoms. The second-order valence-corrected chi connectivity index (χ2v) is 7.63. The maximum absolute atomic E-state index is 6.06. The van der Waals surface area contributed by atoms with Gasteiger partial charge < -0.3 is 14.8 Å². The minimum Gasteiger partial charge on any atom is -0.490 e. The van der Waals surface area contributed by atoms with E-state index in [1.807, 2.05) is 43.3 Å². The van der Waals surface area contributed by atoms with Crippen molar-refractivity contribution in [3.63, 3.8) is 0 Å². The molecule has 2 aromatic carbocycles. The molecule has 3 aromatic rings. The number of aryl methyl sites for hydroxylation is 1. The van der Waals surface area contributed by atoms with Gasteiger partial charge in [-0.25, -0.2) is 4.68 Å². The molecular formula is C20H23BrClN5O2. The van der Waals surface area contributed by atoms with E-state index >= 15 is 0 Å². The number of hydrogen-bond acceptors (Lipinski definition) is 6. The summed E-state index contributed by atoms with van der Waals surface area (Å²) in [6.07, 6.45) is 0.957. The summed E-state index contributed by atoms with van der Waals surface area (Å²) >= 11 is 9.67. The third-order valence-corrected chi connectivity index (χ3v) is 4.88. The van der Waals surface area contributed by atoms with Crippen LogP contribution in [0.15, 0.2) is 40.9 Å². The van der Waals surface area contributed by atoms with Crippen LogP contribution in [0.3, 0.4) is 0 Å². The number of benzene rings is 2. The van der Waals surface area contributed by atoms with Crippen molar-refractivity contribution in [2.75, 3.05) is 11.9 Å². The van der Waals surface area contributed by atoms with E-state index in [0.717, 1.165) is 28.6 Å². The number of ether oxygens (including phenoxy) is 2. The molecule has 0 saturated heterocycles. The number of aromatic nitrogens is 4. The fourth-order valence-electron chi connectivity index (χ4n) is 2.78. The van der Waals surface area contributed by atoms with Gasteiger partial charge in [0, 0.05) is 18.1 Å². The molecule has 1 heterocycles. The molecule has 0 atom stereocenters. The molecular weight excluding hydrogens is 458 g/mol. The molecule has 0 fully saturated rings. The topological polar surface area (TPSA) is 74.1 Å². The lowest BCUT2D eigenvalue weighted by Crippen LogP contribution is -2.09. The van der Waals surface area contributed by atoms with Gasteiger partial charge in [-0.3, -0.25) is 0 Å². The third kappa shape index (κ3) is 5.83. The van der Waals surface area contributed by atoms with Gasteiger partial charge in [0.2, 0.25) is 5.95 Å². The zero-order chi connectivity index (χ0) is 20.6. The Labute approximate surface area is 183 Å². The molecule has 1 aromatic heterocycles. The first kappa shape index (κ1) is 21.4. The first-order valence-corrected chi connectivity index (χ1v) is 10.6. The van der Waals surface area contributed by atoms with E-state index in [-0.39, 0.29) is 0 Å². The molecule has 9 heteroatoms. The molecule has 0 radical (unpaired) electrons. The Kier molecular flexibility index (Phi) is 7.71. The Bertz CT molecular complexity index is 950. The van der Waals surface area contributed by atoms with E-state index in [1.165, 1.54) is 0 Å². The Morgan fingerprint density at radius 2 is 2.00 bits per heavy atom. The summed E-state index contributed by atoms with van der Waals surface area (Å²) in [6, 6.07) is 11.6. The number of rotatable bonds is 10. The Morgan fingerprint density at radius 3 is 2.76 bits per heavy atom. The lowest BCUT2D eigenvalue weighted by molar-refractivity contribution is 0.267. The molecule has 0 aliphatic rings. The standard InChI is InChI=1S/C20H23BrClN5O2/c1-3-8-27-20(24-25-26-27)23-12-15-10-17(21)19(18(11-15)28-4-2)29-13-14-6-5-7-16(22)9-14/h5-7,9-11H,3-4,8,12-13H2,1-2H3,(H,23,24,26). The van der Waals surface area contributed by atoms with Crippen LogP contribution in [0.2, 0.25) is 5.02 Å². The van der Waals surface area contributed by atoms with Crippen molar-refractivity contribution in [1.82, 2.24) is 20.2 Å². The van der Waals surface area contributed by atoms with Crippen LogP contribution in [-0.2, 0) is 19.7 Å². The summed E-state index contributed by atoms with van der Waals surface area (Å²) in [7, 11) is 0. The van der Waals surface area contributed by atoms with Gasteiger partial charge in [-0.05, 0) is 75.1 Å². The van der Waals surface area contributed by atoms with Crippen LogP contribution in [-0.4, -0.2) is 26.8 Å². The average Bonchev–Trinajstić information content (AvgIpc) is 3.13. The van der Waals surface area contributed by atoms with Crippen molar-refractivity contribution in [2.24, 2.45) is 0 Å². The summed E-state index contributed by atoms with van der Waals surface area (Å²) in [5, 5.41) is 15.7. The SMILES string of the molecule is CCCn1nnnc1NCc1cc(Br)c(OCc2cccc(Cl)c2)c(OCC)c1. The normalized spacial score (nSPS) is 10.8. The summed E-state index contributed by atoms with van der Waals surface area (Å²) in [6.45, 7) is 6.27. The molecule has 0 unspecified atom stereocenters. The Hall–Kier alpha value is -2.32. The molecule has 0 aliphatic carbocycles. The van der Waals surface area contributed by atoms with E-state index in [1.54, 1.807) is 4.68 Å². The fourth-order valence-corrected chi connectivity index (χ4v) is 3.60. The monoisotopic (exact) mass is 479 g/mol. The van der Waals surface area contributed by atoms with Gasteiger partial charge in [0.25, 0.3) is 0 Å². The van der Waals surface area contributed by atoms with Crippen molar-refractivity contribution in [3.05, 3.63) is 57.0 Å². The number of halogens is 2. The van der Waals surface area contributed by atoms with Crippen LogP contribution in [0, 0.1) is 0 Å². The van der Waals surface area contributed by atoms with Gasteiger partial charge >= 0.3 is 0 Å². The highest BCUT2D eigenvalue weighted by molar-refractivity contribution is 9.10. The van der Waals surface area contributed by atoms with Gasteiger partial charge in [-0.15, -0.1) is 0 Å². The van der Waals surface area contributed by atoms with Crippen molar-refractivity contribution in [1.29, 1.82) is 0 Å². The van der Waals surface area contributed by atoms with E-state index < -0.39 is 0 Å². The zero-order valence-electron chi connectivity index (χ0n) is 16.4. The quantitative estimate of drug-likeness (QED) is 0.436. The van der Waals surface area contributed by atoms with Gasteiger partial charge in [0.05, 0.1) is 11.1 Å². The zero-order valence-corrected chi connectivity index (χ0v) is 18.7. The van der Waals surface area contributed by atoms with Gasteiger partial charge in [-0.2, -0.15) is 0 Å².